The Morgan fingerprint density at radius 3 is 2.00 bits per heavy atom. The van der Waals surface area contributed by atoms with Gasteiger partial charge in [-0.25, -0.2) is 0 Å². The van der Waals surface area contributed by atoms with E-state index in [1.807, 2.05) is 24.4 Å². The molecule has 0 spiro atoms. The minimum Gasteiger partial charge on any atom is -0.361 e. The molecule has 0 aliphatic rings. The SMILES string of the molecule is S=c1cc[nH]c(-c2ccc(-c3ccccc3)cc2)c1. The van der Waals surface area contributed by atoms with E-state index in [9.17, 15) is 0 Å². The molecule has 1 aromatic heterocycles. The monoisotopic (exact) mass is 263 g/mol. The van der Waals surface area contributed by atoms with Crippen LogP contribution in [-0.2, 0) is 0 Å². The highest BCUT2D eigenvalue weighted by molar-refractivity contribution is 7.71. The average molecular weight is 263 g/mol. The van der Waals surface area contributed by atoms with Crippen LogP contribution in [0, 0.1) is 4.51 Å². The van der Waals surface area contributed by atoms with Crippen molar-refractivity contribution in [3.63, 3.8) is 0 Å². The molecule has 0 amide bonds. The van der Waals surface area contributed by atoms with Crippen LogP contribution in [0.5, 0.6) is 0 Å². The lowest BCUT2D eigenvalue weighted by Crippen LogP contribution is -1.83. The fourth-order valence-corrected chi connectivity index (χ4v) is 2.27. The Labute approximate surface area is 117 Å². The van der Waals surface area contributed by atoms with Crippen LogP contribution in [-0.4, -0.2) is 4.98 Å². The molecule has 19 heavy (non-hydrogen) atoms. The molecule has 0 saturated heterocycles. The number of aromatic nitrogens is 1. The Morgan fingerprint density at radius 2 is 1.32 bits per heavy atom. The molecule has 0 bridgehead atoms. The fraction of sp³-hybridized carbons (Fsp3) is 0. The van der Waals surface area contributed by atoms with Crippen LogP contribution < -0.4 is 0 Å². The van der Waals surface area contributed by atoms with Gasteiger partial charge in [-0.2, -0.15) is 0 Å². The number of nitrogens with one attached hydrogen (secondary N) is 1. The first-order valence-corrected chi connectivity index (χ1v) is 6.58. The Hall–Kier alpha value is -2.19. The third kappa shape index (κ3) is 2.64. The topological polar surface area (TPSA) is 15.8 Å². The van der Waals surface area contributed by atoms with Gasteiger partial charge in [0.2, 0.25) is 0 Å². The number of H-pyrrole nitrogens is 1. The minimum atomic E-state index is 0.848. The van der Waals surface area contributed by atoms with Crippen LogP contribution in [0.25, 0.3) is 22.4 Å². The highest BCUT2D eigenvalue weighted by atomic mass is 32.1. The van der Waals surface area contributed by atoms with Gasteiger partial charge in [-0.05, 0) is 28.8 Å². The lowest BCUT2D eigenvalue weighted by atomic mass is 10.0. The van der Waals surface area contributed by atoms with Crippen molar-refractivity contribution in [2.75, 3.05) is 0 Å². The first-order chi connectivity index (χ1) is 9.33. The maximum absolute atomic E-state index is 5.18. The van der Waals surface area contributed by atoms with Crippen molar-refractivity contribution in [1.29, 1.82) is 0 Å². The van der Waals surface area contributed by atoms with Gasteiger partial charge < -0.3 is 4.98 Å². The van der Waals surface area contributed by atoms with Crippen LogP contribution in [0.3, 0.4) is 0 Å². The predicted octanol–water partition coefficient (Wildman–Crippen LogP) is 5.08. The molecule has 0 aliphatic carbocycles. The van der Waals surface area contributed by atoms with E-state index in [4.69, 9.17) is 12.2 Å². The lowest BCUT2D eigenvalue weighted by Gasteiger charge is -2.05. The number of benzene rings is 2. The molecule has 92 valence electrons. The Morgan fingerprint density at radius 1 is 0.684 bits per heavy atom. The van der Waals surface area contributed by atoms with E-state index in [0.29, 0.717) is 0 Å². The van der Waals surface area contributed by atoms with Gasteiger partial charge in [-0.1, -0.05) is 66.8 Å². The first-order valence-electron chi connectivity index (χ1n) is 6.17. The van der Waals surface area contributed by atoms with Gasteiger partial charge in [-0.3, -0.25) is 0 Å². The highest BCUT2D eigenvalue weighted by Gasteiger charge is 1.99. The molecule has 2 heteroatoms. The molecule has 0 unspecified atom stereocenters. The molecule has 1 N–H and O–H groups in total. The summed E-state index contributed by atoms with van der Waals surface area (Å²) >= 11 is 5.18. The standard InChI is InChI=1S/C17H13NS/c19-16-10-11-18-17(12-16)15-8-6-14(7-9-15)13-4-2-1-3-5-13/h1-12H,(H,18,19). The van der Waals surface area contributed by atoms with Gasteiger partial charge in [0.15, 0.2) is 0 Å². The van der Waals surface area contributed by atoms with Crippen molar-refractivity contribution in [2.45, 2.75) is 0 Å². The summed E-state index contributed by atoms with van der Waals surface area (Å²) in [6, 6.07) is 22.7. The van der Waals surface area contributed by atoms with Crippen molar-refractivity contribution >= 4 is 12.2 Å². The lowest BCUT2D eigenvalue weighted by molar-refractivity contribution is 1.32. The molecule has 0 saturated carbocycles. The Balaban J connectivity index is 1.98. The number of hydrogen-bond acceptors (Lipinski definition) is 1. The molecule has 3 rings (SSSR count). The highest BCUT2D eigenvalue weighted by Crippen LogP contribution is 2.23. The van der Waals surface area contributed by atoms with E-state index in [1.54, 1.807) is 0 Å². The average Bonchev–Trinajstić information content (AvgIpc) is 2.48. The van der Waals surface area contributed by atoms with Gasteiger partial charge in [0.25, 0.3) is 0 Å². The molecule has 0 atom stereocenters. The van der Waals surface area contributed by atoms with Crippen molar-refractivity contribution < 1.29 is 0 Å². The molecular weight excluding hydrogens is 250 g/mol. The van der Waals surface area contributed by atoms with Crippen LogP contribution in [0.2, 0.25) is 0 Å². The summed E-state index contributed by atoms with van der Waals surface area (Å²) in [5.41, 5.74) is 4.65. The van der Waals surface area contributed by atoms with E-state index in [0.717, 1.165) is 15.8 Å². The first kappa shape index (κ1) is 11.9. The van der Waals surface area contributed by atoms with Gasteiger partial charge in [-0.15, -0.1) is 0 Å². The van der Waals surface area contributed by atoms with Crippen molar-refractivity contribution in [3.8, 4) is 22.4 Å². The largest absolute Gasteiger partial charge is 0.361 e. The third-order valence-electron chi connectivity index (χ3n) is 3.08. The van der Waals surface area contributed by atoms with Crippen LogP contribution in [0.1, 0.15) is 0 Å². The summed E-state index contributed by atoms with van der Waals surface area (Å²) < 4.78 is 0.848. The molecule has 0 radical (unpaired) electrons. The van der Waals surface area contributed by atoms with E-state index < -0.39 is 0 Å². The van der Waals surface area contributed by atoms with E-state index in [-0.39, 0.29) is 0 Å². The summed E-state index contributed by atoms with van der Waals surface area (Å²) in [4.78, 5) is 3.22. The second kappa shape index (κ2) is 5.21. The summed E-state index contributed by atoms with van der Waals surface area (Å²) in [7, 11) is 0. The molecular formula is C17H13NS. The van der Waals surface area contributed by atoms with Crippen LogP contribution in [0.15, 0.2) is 72.9 Å². The Kier molecular flexibility index (Phi) is 3.25. The van der Waals surface area contributed by atoms with Gasteiger partial charge in [0.05, 0.1) is 0 Å². The molecule has 0 aliphatic heterocycles. The number of pyridine rings is 1. The summed E-state index contributed by atoms with van der Waals surface area (Å²) in [6.45, 7) is 0. The molecule has 1 nitrogen and oxygen atoms in total. The second-order valence-electron chi connectivity index (χ2n) is 4.38. The van der Waals surface area contributed by atoms with Gasteiger partial charge in [0.1, 0.15) is 0 Å². The van der Waals surface area contributed by atoms with Gasteiger partial charge >= 0.3 is 0 Å². The third-order valence-corrected chi connectivity index (χ3v) is 3.33. The number of rotatable bonds is 2. The number of aromatic amines is 1. The minimum absolute atomic E-state index is 0.848. The molecule has 3 aromatic rings. The normalized spacial score (nSPS) is 10.3. The predicted molar refractivity (Wildman–Crippen MR) is 82.5 cm³/mol. The van der Waals surface area contributed by atoms with E-state index in [2.05, 4.69) is 53.5 Å². The van der Waals surface area contributed by atoms with Crippen molar-refractivity contribution in [3.05, 3.63) is 77.4 Å². The molecule has 0 fully saturated rings. The Bertz CT molecular complexity index is 727. The quantitative estimate of drug-likeness (QED) is 0.638. The second-order valence-corrected chi connectivity index (χ2v) is 4.85. The summed E-state index contributed by atoms with van der Waals surface area (Å²) in [5.74, 6) is 0. The maximum Gasteiger partial charge on any atom is 0.0467 e. The number of hydrogen-bond donors (Lipinski definition) is 1. The molecule has 2 aromatic carbocycles. The molecule has 1 heterocycles. The van der Waals surface area contributed by atoms with Crippen LogP contribution in [0.4, 0.5) is 0 Å². The van der Waals surface area contributed by atoms with Crippen molar-refractivity contribution in [2.24, 2.45) is 0 Å². The van der Waals surface area contributed by atoms with Crippen LogP contribution >= 0.6 is 12.2 Å². The zero-order chi connectivity index (χ0) is 13.1. The zero-order valence-electron chi connectivity index (χ0n) is 10.3. The summed E-state index contributed by atoms with van der Waals surface area (Å²) in [5, 5.41) is 0. The fourth-order valence-electron chi connectivity index (χ4n) is 2.09. The van der Waals surface area contributed by atoms with Gasteiger partial charge in [0, 0.05) is 16.4 Å². The maximum atomic E-state index is 5.18. The van der Waals surface area contributed by atoms with E-state index >= 15 is 0 Å². The smallest absolute Gasteiger partial charge is 0.0467 e. The van der Waals surface area contributed by atoms with E-state index in [1.165, 1.54) is 11.1 Å². The zero-order valence-corrected chi connectivity index (χ0v) is 11.2. The summed E-state index contributed by atoms with van der Waals surface area (Å²) in [6.07, 6.45) is 1.88. The van der Waals surface area contributed by atoms with Crippen molar-refractivity contribution in [1.82, 2.24) is 4.98 Å².